The van der Waals surface area contributed by atoms with Gasteiger partial charge in [-0.2, -0.15) is 0 Å². The van der Waals surface area contributed by atoms with Crippen LogP contribution >= 0.6 is 11.3 Å². The molecule has 2 heteroatoms. The van der Waals surface area contributed by atoms with Crippen LogP contribution in [-0.2, 0) is 5.41 Å². The van der Waals surface area contributed by atoms with Crippen molar-refractivity contribution >= 4 is 70.5 Å². The van der Waals surface area contributed by atoms with Gasteiger partial charge < -0.3 is 4.90 Å². The fraction of sp³-hybridized carbons (Fsp3) is 0.106. The summed E-state index contributed by atoms with van der Waals surface area (Å²) in [7, 11) is 0. The van der Waals surface area contributed by atoms with E-state index >= 15 is 0 Å². The van der Waals surface area contributed by atoms with Crippen LogP contribution in [0.2, 0.25) is 0 Å². The quantitative estimate of drug-likeness (QED) is 0.186. The lowest BCUT2D eigenvalue weighted by Gasteiger charge is -2.33. The standard InChI is InChI=1S/C47H31NS/c1-2-13-30-28(11-1)12-7-21-40(30)48(41-22-10-24-43-44(41)37-15-4-6-23-42(37)49-43)29-25-26-32-34-17-9-19-36-35-18-8-16-33-31-14-3-5-20-38(31)47(45(33)35,46(34)36)39(32)27-29/h1-8,10-17,20-27,35H,9,18-19H2. The van der Waals surface area contributed by atoms with Crippen molar-refractivity contribution < 1.29 is 0 Å². The number of thiophene rings is 1. The Bertz CT molecular complexity index is 2760. The molecule has 0 aliphatic heterocycles. The summed E-state index contributed by atoms with van der Waals surface area (Å²) in [6.07, 6.45) is 10.9. The molecule has 0 N–H and O–H groups in total. The zero-order chi connectivity index (χ0) is 31.8. The first-order valence-corrected chi connectivity index (χ1v) is 18.4. The molecule has 7 aromatic rings. The first-order chi connectivity index (χ1) is 24.3. The highest BCUT2D eigenvalue weighted by Crippen LogP contribution is 2.72. The molecule has 49 heavy (non-hydrogen) atoms. The van der Waals surface area contributed by atoms with E-state index in [2.05, 4.69) is 151 Å². The Balaban J connectivity index is 1.20. The largest absolute Gasteiger partial charge is 0.309 e. The Morgan fingerprint density at radius 1 is 0.673 bits per heavy atom. The van der Waals surface area contributed by atoms with E-state index in [-0.39, 0.29) is 5.41 Å². The summed E-state index contributed by atoms with van der Waals surface area (Å²) in [5, 5.41) is 5.16. The van der Waals surface area contributed by atoms with Gasteiger partial charge in [0.05, 0.1) is 16.8 Å². The minimum Gasteiger partial charge on any atom is -0.309 e. The molecule has 0 fully saturated rings. The van der Waals surface area contributed by atoms with Gasteiger partial charge in [0.1, 0.15) is 0 Å². The van der Waals surface area contributed by atoms with Crippen LogP contribution < -0.4 is 4.90 Å². The zero-order valence-electron chi connectivity index (χ0n) is 26.9. The Morgan fingerprint density at radius 3 is 2.45 bits per heavy atom. The Hall–Kier alpha value is -5.44. The molecule has 0 radical (unpaired) electrons. The van der Waals surface area contributed by atoms with Crippen LogP contribution in [0.15, 0.2) is 162 Å². The molecule has 0 saturated heterocycles. The maximum absolute atomic E-state index is 2.59. The van der Waals surface area contributed by atoms with E-state index in [4.69, 9.17) is 0 Å². The smallest absolute Gasteiger partial charge is 0.0694 e. The Morgan fingerprint density at radius 2 is 1.47 bits per heavy atom. The zero-order valence-corrected chi connectivity index (χ0v) is 27.7. The average molecular weight is 642 g/mol. The van der Waals surface area contributed by atoms with Crippen molar-refractivity contribution in [3.8, 4) is 0 Å². The van der Waals surface area contributed by atoms with Crippen LogP contribution in [0.1, 0.15) is 41.5 Å². The molecule has 0 saturated carbocycles. The van der Waals surface area contributed by atoms with E-state index in [1.54, 1.807) is 16.7 Å². The van der Waals surface area contributed by atoms with Gasteiger partial charge in [-0.15, -0.1) is 11.3 Å². The molecule has 1 heterocycles. The molecule has 5 aliphatic rings. The van der Waals surface area contributed by atoms with Crippen molar-refractivity contribution in [3.05, 3.63) is 185 Å². The highest BCUT2D eigenvalue weighted by molar-refractivity contribution is 7.26. The Kier molecular flexibility index (Phi) is 5.07. The van der Waals surface area contributed by atoms with Crippen LogP contribution in [0.5, 0.6) is 0 Å². The fourth-order valence-corrected chi connectivity index (χ4v) is 11.5. The van der Waals surface area contributed by atoms with Crippen molar-refractivity contribution in [2.45, 2.75) is 24.7 Å². The topological polar surface area (TPSA) is 3.24 Å². The van der Waals surface area contributed by atoms with Gasteiger partial charge in [-0.3, -0.25) is 0 Å². The van der Waals surface area contributed by atoms with E-state index < -0.39 is 0 Å². The molecule has 1 nitrogen and oxygen atoms in total. The second-order valence-corrected chi connectivity index (χ2v) is 15.3. The number of anilines is 3. The lowest BCUT2D eigenvalue weighted by molar-refractivity contribution is 0.658. The molecule has 230 valence electrons. The summed E-state index contributed by atoms with van der Waals surface area (Å²) < 4.78 is 2.65. The number of fused-ring (bicyclic) bond motifs is 9. The second-order valence-electron chi connectivity index (χ2n) is 14.2. The van der Waals surface area contributed by atoms with Crippen molar-refractivity contribution in [2.75, 3.05) is 4.90 Å². The van der Waals surface area contributed by atoms with Gasteiger partial charge in [0.2, 0.25) is 0 Å². The summed E-state index contributed by atoms with van der Waals surface area (Å²) in [6, 6.07) is 48.1. The number of hydrogen-bond donors (Lipinski definition) is 0. The van der Waals surface area contributed by atoms with Crippen LogP contribution in [0.25, 0.3) is 42.1 Å². The second kappa shape index (κ2) is 9.37. The third-order valence-corrected chi connectivity index (χ3v) is 13.2. The van der Waals surface area contributed by atoms with Crippen LogP contribution in [0.3, 0.4) is 0 Å². The summed E-state index contributed by atoms with van der Waals surface area (Å²) in [5.41, 5.74) is 17.2. The summed E-state index contributed by atoms with van der Waals surface area (Å²) in [5.74, 6) is 0.503. The minimum atomic E-state index is -0.209. The van der Waals surface area contributed by atoms with Crippen LogP contribution in [-0.4, -0.2) is 0 Å². The molecular formula is C47H31NS. The number of hydrogen-bond acceptors (Lipinski definition) is 2. The van der Waals surface area contributed by atoms with Gasteiger partial charge in [-0.1, -0.05) is 115 Å². The van der Waals surface area contributed by atoms with E-state index in [1.807, 2.05) is 11.3 Å². The third-order valence-electron chi connectivity index (χ3n) is 12.1. The van der Waals surface area contributed by atoms with Gasteiger partial charge in [0, 0.05) is 37.2 Å². The molecule has 0 bridgehead atoms. The normalized spacial score (nSPS) is 21.0. The SMILES string of the molecule is C1=CC2=C3C(C1)C1=C4C(=CCC1)c1ccc(N(c5cccc6ccccc56)c5cccc6sc7ccccc7c56)cc1C43c1ccccc12. The van der Waals surface area contributed by atoms with Crippen LogP contribution in [0, 0.1) is 5.92 Å². The molecule has 2 atom stereocenters. The fourth-order valence-electron chi connectivity index (χ4n) is 10.4. The third kappa shape index (κ3) is 3.17. The molecule has 1 spiro atoms. The predicted molar refractivity (Wildman–Crippen MR) is 207 cm³/mol. The first kappa shape index (κ1) is 26.5. The molecule has 5 aliphatic carbocycles. The predicted octanol–water partition coefficient (Wildman–Crippen LogP) is 12.8. The molecule has 12 rings (SSSR count). The minimum absolute atomic E-state index is 0.209. The number of allylic oxidation sites excluding steroid dienone is 8. The van der Waals surface area contributed by atoms with Gasteiger partial charge in [0.15, 0.2) is 0 Å². The van der Waals surface area contributed by atoms with Gasteiger partial charge in [-0.25, -0.2) is 0 Å². The van der Waals surface area contributed by atoms with E-state index in [1.165, 1.54) is 87.8 Å². The van der Waals surface area contributed by atoms with Gasteiger partial charge >= 0.3 is 0 Å². The molecule has 0 amide bonds. The van der Waals surface area contributed by atoms with Crippen molar-refractivity contribution in [1.82, 2.24) is 0 Å². The maximum Gasteiger partial charge on any atom is 0.0694 e. The van der Waals surface area contributed by atoms with E-state index in [0.29, 0.717) is 5.92 Å². The van der Waals surface area contributed by atoms with E-state index in [9.17, 15) is 0 Å². The number of benzene rings is 6. The summed E-state index contributed by atoms with van der Waals surface area (Å²) >= 11 is 1.89. The average Bonchev–Trinajstić information content (AvgIpc) is 3.87. The number of nitrogens with zero attached hydrogens (tertiary/aromatic N) is 1. The first-order valence-electron chi connectivity index (χ1n) is 17.6. The van der Waals surface area contributed by atoms with E-state index in [0.717, 1.165) is 12.8 Å². The monoisotopic (exact) mass is 641 g/mol. The van der Waals surface area contributed by atoms with Gasteiger partial charge in [-0.05, 0) is 106 Å². The molecule has 1 aromatic heterocycles. The van der Waals surface area contributed by atoms with Crippen molar-refractivity contribution in [2.24, 2.45) is 5.92 Å². The highest BCUT2D eigenvalue weighted by atomic mass is 32.1. The maximum atomic E-state index is 2.59. The van der Waals surface area contributed by atoms with Crippen LogP contribution in [0.4, 0.5) is 17.1 Å². The van der Waals surface area contributed by atoms with Gasteiger partial charge in [0.25, 0.3) is 0 Å². The lowest BCUT2D eigenvalue weighted by Crippen LogP contribution is -2.26. The molecule has 2 unspecified atom stereocenters. The Labute approximate surface area is 289 Å². The lowest BCUT2D eigenvalue weighted by atomic mass is 9.70. The summed E-state index contributed by atoms with van der Waals surface area (Å²) in [6.45, 7) is 0. The van der Waals surface area contributed by atoms with Crippen molar-refractivity contribution in [3.63, 3.8) is 0 Å². The highest BCUT2D eigenvalue weighted by Gasteiger charge is 2.62. The van der Waals surface area contributed by atoms with Crippen molar-refractivity contribution in [1.29, 1.82) is 0 Å². The summed E-state index contributed by atoms with van der Waals surface area (Å²) in [4.78, 5) is 2.57. The molecular weight excluding hydrogens is 611 g/mol. The molecule has 6 aromatic carbocycles. The number of rotatable bonds is 3.